The van der Waals surface area contributed by atoms with Gasteiger partial charge in [-0.2, -0.15) is 0 Å². The van der Waals surface area contributed by atoms with Crippen LogP contribution >= 0.6 is 0 Å². The minimum Gasteiger partial charge on any atom is -0.299 e. The Balaban J connectivity index is 2.34. The summed E-state index contributed by atoms with van der Waals surface area (Å²) in [6, 6.07) is 9.58. The largest absolute Gasteiger partial charge is 0.299 e. The number of rotatable bonds is 2. The highest BCUT2D eigenvalue weighted by Crippen LogP contribution is 2.34. The van der Waals surface area contributed by atoms with Crippen LogP contribution in [0.3, 0.4) is 0 Å². The van der Waals surface area contributed by atoms with E-state index in [1.807, 2.05) is 0 Å². The van der Waals surface area contributed by atoms with Gasteiger partial charge in [0.2, 0.25) is 0 Å². The molecule has 2 rings (SSSR count). The van der Waals surface area contributed by atoms with Gasteiger partial charge >= 0.3 is 0 Å². The molecule has 0 N–H and O–H groups in total. The highest BCUT2D eigenvalue weighted by atomic mass is 15.1. The monoisotopic (exact) mass is 203 g/mol. The molecule has 1 saturated heterocycles. The van der Waals surface area contributed by atoms with Gasteiger partial charge in [-0.1, -0.05) is 38.1 Å². The van der Waals surface area contributed by atoms with Gasteiger partial charge in [0, 0.05) is 6.04 Å². The molecule has 1 heterocycles. The van der Waals surface area contributed by atoms with Crippen molar-refractivity contribution in [2.24, 2.45) is 0 Å². The van der Waals surface area contributed by atoms with Gasteiger partial charge in [0.1, 0.15) is 0 Å². The topological polar surface area (TPSA) is 3.24 Å². The highest BCUT2D eigenvalue weighted by molar-refractivity contribution is 5.32. The number of hydrogen-bond donors (Lipinski definition) is 0. The molecule has 1 heteroatoms. The zero-order chi connectivity index (χ0) is 10.8. The number of likely N-dealkylation sites (tertiary alicyclic amines) is 1. The maximum Gasteiger partial charge on any atom is 0.0348 e. The van der Waals surface area contributed by atoms with E-state index < -0.39 is 0 Å². The molecule has 82 valence electrons. The lowest BCUT2D eigenvalue weighted by Gasteiger charge is -2.24. The van der Waals surface area contributed by atoms with Crippen LogP contribution in [0.2, 0.25) is 0 Å². The molecule has 1 atom stereocenters. The number of hydrogen-bond acceptors (Lipinski definition) is 1. The smallest absolute Gasteiger partial charge is 0.0348 e. The summed E-state index contributed by atoms with van der Waals surface area (Å²) in [5.41, 5.74) is 3.07. The van der Waals surface area contributed by atoms with Crippen molar-refractivity contribution in [2.75, 3.05) is 13.6 Å². The molecule has 0 aliphatic carbocycles. The fraction of sp³-hybridized carbons (Fsp3) is 0.571. The second-order valence-electron chi connectivity index (χ2n) is 4.92. The fourth-order valence-electron chi connectivity index (χ4n) is 2.64. The van der Waals surface area contributed by atoms with Crippen LogP contribution in [0.5, 0.6) is 0 Å². The highest BCUT2D eigenvalue weighted by Gasteiger charge is 2.24. The molecule has 1 aliphatic rings. The Labute approximate surface area is 93.1 Å². The van der Waals surface area contributed by atoms with Crippen molar-refractivity contribution in [1.82, 2.24) is 4.90 Å². The molecule has 0 radical (unpaired) electrons. The minimum atomic E-state index is 0.634. The van der Waals surface area contributed by atoms with Crippen molar-refractivity contribution in [3.8, 4) is 0 Å². The molecule has 0 amide bonds. The van der Waals surface area contributed by atoms with E-state index in [9.17, 15) is 0 Å². The molecule has 1 unspecified atom stereocenters. The Morgan fingerprint density at radius 3 is 2.60 bits per heavy atom. The SMILES string of the molecule is CC(C)c1ccccc1C1CCCN1C. The number of benzene rings is 1. The number of nitrogens with zero attached hydrogens (tertiary/aromatic N) is 1. The molecule has 1 aromatic rings. The molecule has 0 aromatic heterocycles. The van der Waals surface area contributed by atoms with Crippen molar-refractivity contribution in [3.05, 3.63) is 35.4 Å². The third-order valence-electron chi connectivity index (χ3n) is 3.50. The Morgan fingerprint density at radius 2 is 2.00 bits per heavy atom. The lowest BCUT2D eigenvalue weighted by molar-refractivity contribution is 0.315. The van der Waals surface area contributed by atoms with E-state index >= 15 is 0 Å². The first-order valence-electron chi connectivity index (χ1n) is 5.99. The van der Waals surface area contributed by atoms with Crippen LogP contribution in [-0.2, 0) is 0 Å². The van der Waals surface area contributed by atoms with Crippen molar-refractivity contribution in [2.45, 2.75) is 38.6 Å². The normalized spacial score (nSPS) is 22.5. The van der Waals surface area contributed by atoms with Crippen LogP contribution in [0.1, 0.15) is 49.8 Å². The Kier molecular flexibility index (Phi) is 3.11. The van der Waals surface area contributed by atoms with Gasteiger partial charge in [-0.3, -0.25) is 4.90 Å². The zero-order valence-corrected chi connectivity index (χ0v) is 10.0. The summed E-state index contributed by atoms with van der Waals surface area (Å²) >= 11 is 0. The summed E-state index contributed by atoms with van der Waals surface area (Å²) in [7, 11) is 2.24. The van der Waals surface area contributed by atoms with E-state index in [0.29, 0.717) is 12.0 Å². The first-order valence-corrected chi connectivity index (χ1v) is 5.99. The van der Waals surface area contributed by atoms with Crippen molar-refractivity contribution in [3.63, 3.8) is 0 Å². The fourth-order valence-corrected chi connectivity index (χ4v) is 2.64. The summed E-state index contributed by atoms with van der Waals surface area (Å²) in [6.07, 6.45) is 2.66. The first kappa shape index (κ1) is 10.7. The summed E-state index contributed by atoms with van der Waals surface area (Å²) in [4.78, 5) is 2.49. The van der Waals surface area contributed by atoms with Crippen LogP contribution in [0, 0.1) is 0 Å². The van der Waals surface area contributed by atoms with Gasteiger partial charge in [0.05, 0.1) is 0 Å². The summed E-state index contributed by atoms with van der Waals surface area (Å²) in [5.74, 6) is 0.634. The third-order valence-corrected chi connectivity index (χ3v) is 3.50. The second kappa shape index (κ2) is 4.36. The molecule has 1 fully saturated rings. The van der Waals surface area contributed by atoms with Crippen LogP contribution in [-0.4, -0.2) is 18.5 Å². The minimum absolute atomic E-state index is 0.634. The Morgan fingerprint density at radius 1 is 1.27 bits per heavy atom. The van der Waals surface area contributed by atoms with Crippen LogP contribution in [0.25, 0.3) is 0 Å². The van der Waals surface area contributed by atoms with Gasteiger partial charge in [-0.05, 0) is 43.5 Å². The van der Waals surface area contributed by atoms with E-state index in [1.54, 1.807) is 5.56 Å². The molecule has 0 bridgehead atoms. The van der Waals surface area contributed by atoms with E-state index in [-0.39, 0.29) is 0 Å². The molecule has 15 heavy (non-hydrogen) atoms. The molecule has 1 aliphatic heterocycles. The first-order chi connectivity index (χ1) is 7.20. The predicted octanol–water partition coefficient (Wildman–Crippen LogP) is 3.58. The van der Waals surface area contributed by atoms with Crippen molar-refractivity contribution < 1.29 is 0 Å². The van der Waals surface area contributed by atoms with Gasteiger partial charge in [-0.15, -0.1) is 0 Å². The quantitative estimate of drug-likeness (QED) is 0.710. The van der Waals surface area contributed by atoms with Crippen molar-refractivity contribution >= 4 is 0 Å². The predicted molar refractivity (Wildman–Crippen MR) is 65.1 cm³/mol. The molecular formula is C14H21N. The third kappa shape index (κ3) is 2.07. The van der Waals surface area contributed by atoms with Crippen LogP contribution < -0.4 is 0 Å². The van der Waals surface area contributed by atoms with Gasteiger partial charge < -0.3 is 0 Å². The average molecular weight is 203 g/mol. The van der Waals surface area contributed by atoms with Crippen molar-refractivity contribution in [1.29, 1.82) is 0 Å². The average Bonchev–Trinajstić information content (AvgIpc) is 2.64. The van der Waals surface area contributed by atoms with E-state index in [1.165, 1.54) is 24.9 Å². The summed E-state index contributed by atoms with van der Waals surface area (Å²) in [5, 5.41) is 0. The van der Waals surface area contributed by atoms with Gasteiger partial charge in [0.25, 0.3) is 0 Å². The lowest BCUT2D eigenvalue weighted by atomic mass is 9.92. The lowest BCUT2D eigenvalue weighted by Crippen LogP contribution is -2.18. The Hall–Kier alpha value is -0.820. The van der Waals surface area contributed by atoms with Crippen LogP contribution in [0.4, 0.5) is 0 Å². The Bertz CT molecular complexity index is 330. The molecule has 0 spiro atoms. The molecule has 0 saturated carbocycles. The second-order valence-corrected chi connectivity index (χ2v) is 4.92. The van der Waals surface area contributed by atoms with Gasteiger partial charge in [0.15, 0.2) is 0 Å². The summed E-state index contributed by atoms with van der Waals surface area (Å²) in [6.45, 7) is 5.82. The van der Waals surface area contributed by atoms with Crippen LogP contribution in [0.15, 0.2) is 24.3 Å². The van der Waals surface area contributed by atoms with E-state index in [4.69, 9.17) is 0 Å². The molecular weight excluding hydrogens is 182 g/mol. The van der Waals surface area contributed by atoms with Gasteiger partial charge in [-0.25, -0.2) is 0 Å². The molecule has 1 nitrogen and oxygen atoms in total. The maximum absolute atomic E-state index is 2.49. The maximum atomic E-state index is 2.49. The standard InChI is InChI=1S/C14H21N/c1-11(2)12-7-4-5-8-13(12)14-9-6-10-15(14)3/h4-5,7-8,11,14H,6,9-10H2,1-3H3. The van der Waals surface area contributed by atoms with E-state index in [0.717, 1.165) is 0 Å². The summed E-state index contributed by atoms with van der Waals surface area (Å²) < 4.78 is 0. The zero-order valence-electron chi connectivity index (χ0n) is 10.0. The molecule has 1 aromatic carbocycles. The van der Waals surface area contributed by atoms with E-state index in [2.05, 4.69) is 50.1 Å².